The molecule has 3 heterocycles. The van der Waals surface area contributed by atoms with E-state index in [4.69, 9.17) is 9.15 Å². The van der Waals surface area contributed by atoms with Crippen LogP contribution in [0.5, 0.6) is 5.75 Å². The summed E-state index contributed by atoms with van der Waals surface area (Å²) in [6.07, 6.45) is 0. The van der Waals surface area contributed by atoms with Crippen molar-refractivity contribution in [3.05, 3.63) is 99.4 Å². The molecule has 1 aliphatic heterocycles. The molecule has 6 rings (SSSR count). The van der Waals surface area contributed by atoms with Crippen molar-refractivity contribution in [3.8, 4) is 5.75 Å². The third-order valence-electron chi connectivity index (χ3n) is 6.30. The Morgan fingerprint density at radius 1 is 1.13 bits per heavy atom. The number of anilines is 1. The Morgan fingerprint density at radius 2 is 1.92 bits per heavy atom. The van der Waals surface area contributed by atoms with Gasteiger partial charge in [0.25, 0.3) is 5.91 Å². The molecule has 0 saturated heterocycles. The maximum Gasteiger partial charge on any atom is 0.296 e. The van der Waals surface area contributed by atoms with Crippen LogP contribution in [0.2, 0.25) is 0 Å². The molecule has 1 aliphatic rings. The number of carbonyl (C=O) groups is 2. The molecule has 1 unspecified atom stereocenters. The first-order chi connectivity index (χ1) is 18.2. The van der Waals surface area contributed by atoms with Gasteiger partial charge in [0.1, 0.15) is 11.3 Å². The lowest BCUT2D eigenvalue weighted by Gasteiger charge is -2.24. The number of furan rings is 1. The summed E-state index contributed by atoms with van der Waals surface area (Å²) in [6.45, 7) is 0. The fraction of sp³-hybridized carbons (Fsp3) is 0.0741. The minimum absolute atomic E-state index is 0.0539. The zero-order valence-electron chi connectivity index (χ0n) is 19.5. The second-order valence-corrected chi connectivity index (χ2v) is 9.50. The molecule has 190 valence electrons. The maximum atomic E-state index is 13.8. The molecule has 0 spiro atoms. The Hall–Kier alpha value is -4.51. The molecule has 0 radical (unpaired) electrons. The summed E-state index contributed by atoms with van der Waals surface area (Å²) < 4.78 is 39.5. The van der Waals surface area contributed by atoms with Crippen molar-refractivity contribution in [2.45, 2.75) is 6.04 Å². The van der Waals surface area contributed by atoms with Crippen molar-refractivity contribution in [2.75, 3.05) is 12.0 Å². The first kappa shape index (κ1) is 23.9. The van der Waals surface area contributed by atoms with Gasteiger partial charge < -0.3 is 19.2 Å². The largest absolute Gasteiger partial charge is 0.503 e. The van der Waals surface area contributed by atoms with Crippen molar-refractivity contribution in [3.63, 3.8) is 0 Å². The van der Waals surface area contributed by atoms with Crippen LogP contribution in [0.4, 0.5) is 14.7 Å². The molecular weight excluding hydrogens is 564 g/mol. The van der Waals surface area contributed by atoms with Gasteiger partial charge in [-0.25, -0.2) is 13.8 Å². The first-order valence-electron chi connectivity index (χ1n) is 11.2. The topological polar surface area (TPSA) is 109 Å². The lowest BCUT2D eigenvalue weighted by Crippen LogP contribution is -2.32. The van der Waals surface area contributed by atoms with Crippen LogP contribution in [0.1, 0.15) is 22.2 Å². The van der Waals surface area contributed by atoms with E-state index in [0.717, 1.165) is 21.5 Å². The van der Waals surface area contributed by atoms with E-state index >= 15 is 0 Å². The van der Waals surface area contributed by atoms with E-state index in [1.165, 1.54) is 13.2 Å². The zero-order valence-corrected chi connectivity index (χ0v) is 21.0. The predicted octanol–water partition coefficient (Wildman–Crippen LogP) is 6.14. The highest BCUT2D eigenvalue weighted by Gasteiger charge is 2.46. The van der Waals surface area contributed by atoms with E-state index < -0.39 is 35.1 Å². The van der Waals surface area contributed by atoms with Gasteiger partial charge in [-0.1, -0.05) is 28.1 Å². The molecule has 5 aromatic rings. The van der Waals surface area contributed by atoms with Gasteiger partial charge in [-0.15, -0.1) is 0 Å². The number of carbonyl (C=O) groups excluding carboxylic acids is 2. The summed E-state index contributed by atoms with van der Waals surface area (Å²) in [5.41, 5.74) is 0.787. The number of nitrogens with zero attached hydrogens (tertiary/aromatic N) is 2. The van der Waals surface area contributed by atoms with E-state index in [0.29, 0.717) is 22.3 Å². The van der Waals surface area contributed by atoms with E-state index in [2.05, 4.69) is 25.9 Å². The molecular formula is C27H16BrF2N3O5. The number of ether oxygens (including phenoxy) is 1. The van der Waals surface area contributed by atoms with E-state index in [9.17, 15) is 23.5 Å². The van der Waals surface area contributed by atoms with Crippen LogP contribution in [-0.2, 0) is 4.79 Å². The number of halogens is 3. The van der Waals surface area contributed by atoms with Crippen LogP contribution in [0.15, 0.2) is 80.9 Å². The maximum absolute atomic E-state index is 13.8. The second kappa shape index (κ2) is 8.80. The highest BCUT2D eigenvalue weighted by atomic mass is 79.9. The van der Waals surface area contributed by atoms with Crippen LogP contribution < -0.4 is 9.64 Å². The minimum atomic E-state index is -1.17. The molecule has 1 atom stereocenters. The van der Waals surface area contributed by atoms with E-state index in [-0.39, 0.29) is 28.3 Å². The van der Waals surface area contributed by atoms with Crippen LogP contribution in [0.25, 0.3) is 22.0 Å². The lowest BCUT2D eigenvalue weighted by molar-refractivity contribution is -0.117. The van der Waals surface area contributed by atoms with Crippen molar-refractivity contribution < 1.29 is 32.6 Å². The third-order valence-corrected chi connectivity index (χ3v) is 6.80. The molecule has 0 bridgehead atoms. The van der Waals surface area contributed by atoms with E-state index in [1.54, 1.807) is 42.5 Å². The van der Waals surface area contributed by atoms with Gasteiger partial charge in [0.2, 0.25) is 11.7 Å². The molecule has 0 aliphatic carbocycles. The number of imidazole rings is 1. The highest BCUT2D eigenvalue weighted by molar-refractivity contribution is 9.10. The molecule has 0 fully saturated rings. The number of aromatic amines is 1. The summed E-state index contributed by atoms with van der Waals surface area (Å²) in [7, 11) is 1.46. The number of amides is 1. The molecule has 1 amide bonds. The Kier molecular flexibility index (Phi) is 5.53. The SMILES string of the molecule is COc1cccc(C2C(C(=O)c3cc4cc(Br)ccc4o3)=C(O)C(=O)N2c2nc3cc(F)c(F)cc3[nH]2)c1. The number of fused-ring (bicyclic) bond motifs is 2. The van der Waals surface area contributed by atoms with Gasteiger partial charge >= 0.3 is 0 Å². The van der Waals surface area contributed by atoms with Gasteiger partial charge in [0.15, 0.2) is 23.2 Å². The zero-order chi connectivity index (χ0) is 26.7. The number of benzene rings is 3. The fourth-order valence-electron chi connectivity index (χ4n) is 4.55. The number of aliphatic hydroxyl groups is 1. The van der Waals surface area contributed by atoms with Gasteiger partial charge in [-0.05, 0) is 42.0 Å². The smallest absolute Gasteiger partial charge is 0.296 e. The van der Waals surface area contributed by atoms with Crippen molar-refractivity contribution in [2.24, 2.45) is 0 Å². The number of Topliss-reactive ketones (excluding diaryl/α,β-unsaturated/α-hetero) is 1. The van der Waals surface area contributed by atoms with Gasteiger partial charge in [-0.2, -0.15) is 0 Å². The number of aromatic nitrogens is 2. The number of ketones is 1. The molecule has 38 heavy (non-hydrogen) atoms. The molecule has 11 heteroatoms. The number of hydrogen-bond acceptors (Lipinski definition) is 6. The number of nitrogens with one attached hydrogen (secondary N) is 1. The Labute approximate surface area is 221 Å². The molecule has 2 N–H and O–H groups in total. The second-order valence-electron chi connectivity index (χ2n) is 8.58. The average molecular weight is 580 g/mol. The summed E-state index contributed by atoms with van der Waals surface area (Å²) in [6, 6.07) is 14.0. The molecule has 2 aromatic heterocycles. The Morgan fingerprint density at radius 3 is 2.71 bits per heavy atom. The summed E-state index contributed by atoms with van der Waals surface area (Å²) >= 11 is 3.38. The lowest BCUT2D eigenvalue weighted by atomic mass is 9.95. The number of aliphatic hydroxyl groups excluding tert-OH is 1. The standard InChI is InChI=1S/C27H16BrF2N3O5/c1-37-15-4-2-3-12(8-15)23-22(24(34)21-9-13-7-14(28)5-6-20(13)38-21)25(35)26(36)33(23)27-31-18-10-16(29)17(30)11-19(18)32-27/h2-11,23,35H,1H3,(H,31,32). The normalized spacial score (nSPS) is 15.7. The Bertz CT molecular complexity index is 1790. The molecule has 3 aromatic carbocycles. The molecule has 0 saturated carbocycles. The molecule has 8 nitrogen and oxygen atoms in total. The monoisotopic (exact) mass is 579 g/mol. The van der Waals surface area contributed by atoms with Crippen LogP contribution in [0.3, 0.4) is 0 Å². The van der Waals surface area contributed by atoms with Crippen molar-refractivity contribution in [1.82, 2.24) is 9.97 Å². The summed E-state index contributed by atoms with van der Waals surface area (Å²) in [5, 5.41) is 11.6. The van der Waals surface area contributed by atoms with Crippen LogP contribution in [0, 0.1) is 11.6 Å². The summed E-state index contributed by atoms with van der Waals surface area (Å²) in [4.78, 5) is 35.3. The number of methoxy groups -OCH3 is 1. The van der Waals surface area contributed by atoms with E-state index in [1.807, 2.05) is 0 Å². The minimum Gasteiger partial charge on any atom is -0.503 e. The number of rotatable bonds is 5. The van der Waals surface area contributed by atoms with Gasteiger partial charge in [0.05, 0.1) is 29.8 Å². The number of hydrogen-bond donors (Lipinski definition) is 2. The third kappa shape index (κ3) is 3.74. The highest BCUT2D eigenvalue weighted by Crippen LogP contribution is 2.42. The van der Waals surface area contributed by atoms with Crippen molar-refractivity contribution >= 4 is 55.6 Å². The van der Waals surface area contributed by atoms with Gasteiger partial charge in [-0.3, -0.25) is 14.5 Å². The van der Waals surface area contributed by atoms with Crippen LogP contribution >= 0.6 is 15.9 Å². The average Bonchev–Trinajstić information content (AvgIpc) is 3.58. The quantitative estimate of drug-likeness (QED) is 0.242. The Balaban J connectivity index is 1.52. The predicted molar refractivity (Wildman–Crippen MR) is 137 cm³/mol. The van der Waals surface area contributed by atoms with Crippen molar-refractivity contribution in [1.29, 1.82) is 0 Å². The fourth-order valence-corrected chi connectivity index (χ4v) is 4.93. The number of H-pyrrole nitrogens is 1. The summed E-state index contributed by atoms with van der Waals surface area (Å²) in [5.74, 6) is -4.43. The first-order valence-corrected chi connectivity index (χ1v) is 12.0. The van der Waals surface area contributed by atoms with Gasteiger partial charge in [0, 0.05) is 22.0 Å². The van der Waals surface area contributed by atoms with Crippen LogP contribution in [-0.4, -0.2) is 33.9 Å².